The lowest BCUT2D eigenvalue weighted by atomic mass is 10.1. The number of hydrogen-bond donors (Lipinski definition) is 1. The van der Waals surface area contributed by atoms with Gasteiger partial charge in [0.05, 0.1) is 6.61 Å². The van der Waals surface area contributed by atoms with Gasteiger partial charge in [-0.1, -0.05) is 51.2 Å². The molecule has 0 atom stereocenters. The van der Waals surface area contributed by atoms with Crippen LogP contribution in [0, 0.1) is 0 Å². The van der Waals surface area contributed by atoms with Gasteiger partial charge < -0.3 is 10.1 Å². The number of ether oxygens (including phenoxy) is 1. The molecule has 0 bridgehead atoms. The van der Waals surface area contributed by atoms with E-state index in [0.717, 1.165) is 17.8 Å². The molecule has 0 aliphatic heterocycles. The Morgan fingerprint density at radius 2 is 1.68 bits per heavy atom. The minimum absolute atomic E-state index is 0.306. The first-order chi connectivity index (χ1) is 13.7. The summed E-state index contributed by atoms with van der Waals surface area (Å²) >= 11 is 1.91. The molecule has 0 aliphatic rings. The molecule has 0 amide bonds. The maximum Gasteiger partial charge on any atom is 0.330 e. The Morgan fingerprint density at radius 3 is 2.43 bits per heavy atom. The first-order valence-electron chi connectivity index (χ1n) is 10.5. The molecule has 2 rings (SSSR count). The number of unbranched alkanes of at least 4 members (excludes halogenated alkanes) is 5. The van der Waals surface area contributed by atoms with Crippen molar-refractivity contribution in [3.05, 3.63) is 57.8 Å². The third kappa shape index (κ3) is 8.75. The summed E-state index contributed by atoms with van der Waals surface area (Å²) in [6.07, 6.45) is 12.5. The van der Waals surface area contributed by atoms with Crippen LogP contribution in [0.4, 0.5) is 5.69 Å². The van der Waals surface area contributed by atoms with E-state index in [1.165, 1.54) is 60.8 Å². The Bertz CT molecular complexity index is 718. The summed E-state index contributed by atoms with van der Waals surface area (Å²) in [5, 5.41) is 3.47. The molecular weight excluding hydrogens is 366 g/mol. The largest absolute Gasteiger partial charge is 0.463 e. The molecule has 0 saturated heterocycles. The number of aryl methyl sites for hydroxylation is 1. The summed E-state index contributed by atoms with van der Waals surface area (Å²) in [5.41, 5.74) is 2.06. The predicted molar refractivity (Wildman–Crippen MR) is 121 cm³/mol. The lowest BCUT2D eigenvalue weighted by Crippen LogP contribution is -1.98. The number of hydrogen-bond acceptors (Lipinski definition) is 4. The van der Waals surface area contributed by atoms with Gasteiger partial charge in [-0.2, -0.15) is 0 Å². The van der Waals surface area contributed by atoms with Gasteiger partial charge in [-0.05, 0) is 55.7 Å². The fraction of sp³-hybridized carbons (Fsp3) is 0.458. The number of benzene rings is 1. The van der Waals surface area contributed by atoms with Crippen LogP contribution >= 0.6 is 11.3 Å². The molecule has 0 saturated carbocycles. The molecule has 4 heteroatoms. The van der Waals surface area contributed by atoms with Gasteiger partial charge in [0.2, 0.25) is 0 Å². The van der Waals surface area contributed by atoms with Crippen LogP contribution in [0.1, 0.15) is 67.7 Å². The summed E-state index contributed by atoms with van der Waals surface area (Å²) in [5.74, 6) is -0.306. The molecule has 28 heavy (non-hydrogen) atoms. The fourth-order valence-corrected chi connectivity index (χ4v) is 3.99. The van der Waals surface area contributed by atoms with Crippen molar-refractivity contribution in [2.75, 3.05) is 11.9 Å². The standard InChI is InChI=1S/C24H33NO2S/c1-3-5-6-7-8-9-10-22-16-17-23(28-22)19-25-21-14-11-20(12-15-21)13-18-24(26)27-4-2/h11-18,25H,3-10,19H2,1-2H3/b18-13+. The van der Waals surface area contributed by atoms with Crippen molar-refractivity contribution >= 4 is 29.1 Å². The zero-order valence-electron chi connectivity index (χ0n) is 17.2. The zero-order chi connectivity index (χ0) is 20.0. The summed E-state index contributed by atoms with van der Waals surface area (Å²) in [7, 11) is 0. The highest BCUT2D eigenvalue weighted by Crippen LogP contribution is 2.21. The second-order valence-corrected chi connectivity index (χ2v) is 8.20. The summed E-state index contributed by atoms with van der Waals surface area (Å²) in [4.78, 5) is 14.2. The first-order valence-corrected chi connectivity index (χ1v) is 11.3. The van der Waals surface area contributed by atoms with Crippen LogP contribution < -0.4 is 5.32 Å². The van der Waals surface area contributed by atoms with Crippen LogP contribution in [-0.4, -0.2) is 12.6 Å². The van der Waals surface area contributed by atoms with E-state index in [2.05, 4.69) is 24.4 Å². The van der Waals surface area contributed by atoms with Crippen molar-refractivity contribution in [2.45, 2.75) is 65.3 Å². The summed E-state index contributed by atoms with van der Waals surface area (Å²) in [6.45, 7) is 5.31. The van der Waals surface area contributed by atoms with E-state index >= 15 is 0 Å². The Hall–Kier alpha value is -2.07. The van der Waals surface area contributed by atoms with Crippen molar-refractivity contribution in [1.29, 1.82) is 0 Å². The van der Waals surface area contributed by atoms with E-state index in [1.807, 2.05) is 35.6 Å². The van der Waals surface area contributed by atoms with Crippen LogP contribution in [0.15, 0.2) is 42.5 Å². The van der Waals surface area contributed by atoms with E-state index in [1.54, 1.807) is 13.0 Å². The number of carbonyl (C=O) groups excluding carboxylic acids is 1. The van der Waals surface area contributed by atoms with Crippen LogP contribution in [0.3, 0.4) is 0 Å². The lowest BCUT2D eigenvalue weighted by molar-refractivity contribution is -0.137. The van der Waals surface area contributed by atoms with Crippen molar-refractivity contribution in [1.82, 2.24) is 0 Å². The number of rotatable bonds is 13. The molecule has 2 aromatic rings. The zero-order valence-corrected chi connectivity index (χ0v) is 18.0. The minimum atomic E-state index is -0.306. The van der Waals surface area contributed by atoms with Crippen molar-refractivity contribution in [3.8, 4) is 0 Å². The highest BCUT2D eigenvalue weighted by molar-refractivity contribution is 7.12. The van der Waals surface area contributed by atoms with E-state index in [9.17, 15) is 4.79 Å². The number of nitrogens with one attached hydrogen (secondary N) is 1. The third-order valence-electron chi connectivity index (χ3n) is 4.57. The average Bonchev–Trinajstić information content (AvgIpc) is 3.16. The monoisotopic (exact) mass is 399 g/mol. The number of carbonyl (C=O) groups is 1. The van der Waals surface area contributed by atoms with Gasteiger partial charge in [0.15, 0.2) is 0 Å². The molecule has 0 radical (unpaired) electrons. The van der Waals surface area contributed by atoms with Crippen LogP contribution in [0.25, 0.3) is 6.08 Å². The molecule has 0 aliphatic carbocycles. The molecule has 3 nitrogen and oxygen atoms in total. The van der Waals surface area contributed by atoms with Gasteiger partial charge in [-0.15, -0.1) is 11.3 Å². The van der Waals surface area contributed by atoms with E-state index < -0.39 is 0 Å². The third-order valence-corrected chi connectivity index (χ3v) is 5.71. The average molecular weight is 400 g/mol. The van der Waals surface area contributed by atoms with Gasteiger partial charge in [0, 0.05) is 28.1 Å². The molecule has 0 spiro atoms. The molecular formula is C24H33NO2S. The highest BCUT2D eigenvalue weighted by atomic mass is 32.1. The maximum atomic E-state index is 11.3. The highest BCUT2D eigenvalue weighted by Gasteiger charge is 2.01. The molecule has 0 unspecified atom stereocenters. The van der Waals surface area contributed by atoms with Gasteiger partial charge in [0.25, 0.3) is 0 Å². The minimum Gasteiger partial charge on any atom is -0.463 e. The van der Waals surface area contributed by atoms with Crippen molar-refractivity contribution in [2.24, 2.45) is 0 Å². The van der Waals surface area contributed by atoms with E-state index in [0.29, 0.717) is 6.61 Å². The maximum absolute atomic E-state index is 11.3. The Morgan fingerprint density at radius 1 is 0.964 bits per heavy atom. The van der Waals surface area contributed by atoms with Gasteiger partial charge in [0.1, 0.15) is 0 Å². The quantitative estimate of drug-likeness (QED) is 0.228. The lowest BCUT2D eigenvalue weighted by Gasteiger charge is -2.05. The molecule has 1 N–H and O–H groups in total. The molecule has 1 heterocycles. The topological polar surface area (TPSA) is 38.3 Å². The molecule has 1 aromatic carbocycles. The van der Waals surface area contributed by atoms with Gasteiger partial charge in [-0.3, -0.25) is 0 Å². The van der Waals surface area contributed by atoms with Crippen molar-refractivity contribution in [3.63, 3.8) is 0 Å². The van der Waals surface area contributed by atoms with Gasteiger partial charge in [-0.25, -0.2) is 4.79 Å². The second-order valence-electron chi connectivity index (χ2n) is 6.95. The van der Waals surface area contributed by atoms with Crippen LogP contribution in [0.2, 0.25) is 0 Å². The molecule has 0 fully saturated rings. The predicted octanol–water partition coefficient (Wildman–Crippen LogP) is 6.84. The fourth-order valence-electron chi connectivity index (χ4n) is 2.99. The number of thiophene rings is 1. The Labute approximate surface area is 173 Å². The number of anilines is 1. The molecule has 1 aromatic heterocycles. The summed E-state index contributed by atoms with van der Waals surface area (Å²) < 4.78 is 4.89. The second kappa shape index (κ2) is 13.2. The first kappa shape index (κ1) is 22.2. The SMILES string of the molecule is CCCCCCCCc1ccc(CNc2ccc(/C=C/C(=O)OCC)cc2)s1. The smallest absolute Gasteiger partial charge is 0.330 e. The van der Waals surface area contributed by atoms with Crippen LogP contribution in [-0.2, 0) is 22.5 Å². The Kier molecular flexibility index (Phi) is 10.4. The van der Waals surface area contributed by atoms with E-state index in [-0.39, 0.29) is 5.97 Å². The Balaban J connectivity index is 1.71. The van der Waals surface area contributed by atoms with Crippen molar-refractivity contribution < 1.29 is 9.53 Å². The number of esters is 1. The summed E-state index contributed by atoms with van der Waals surface area (Å²) in [6, 6.07) is 12.6. The normalized spacial score (nSPS) is 11.1. The molecule has 152 valence electrons. The van der Waals surface area contributed by atoms with Crippen LogP contribution in [0.5, 0.6) is 0 Å². The van der Waals surface area contributed by atoms with Gasteiger partial charge >= 0.3 is 5.97 Å². The van der Waals surface area contributed by atoms with E-state index in [4.69, 9.17) is 4.74 Å².